The molecule has 0 spiro atoms. The predicted molar refractivity (Wildman–Crippen MR) is 67.3 cm³/mol. The minimum atomic E-state index is -0.703. The number of halogens is 3. The first-order valence-corrected chi connectivity index (χ1v) is 6.60. The molecule has 1 aromatic carbocycles. The molecule has 1 fully saturated rings. The van der Waals surface area contributed by atoms with Crippen molar-refractivity contribution in [3.05, 3.63) is 34.1 Å². The maximum atomic E-state index is 14.0. The maximum absolute atomic E-state index is 14.0. The molecular formula is C12H10BrF2N3O. The molecule has 0 atom stereocenters. The molecule has 0 unspecified atom stereocenters. The third-order valence-electron chi connectivity index (χ3n) is 3.05. The first kappa shape index (κ1) is 12.7. The molecule has 1 heterocycles. The summed E-state index contributed by atoms with van der Waals surface area (Å²) in [7, 11) is 0. The van der Waals surface area contributed by atoms with E-state index in [-0.39, 0.29) is 24.0 Å². The van der Waals surface area contributed by atoms with Gasteiger partial charge in [-0.25, -0.2) is 8.78 Å². The van der Waals surface area contributed by atoms with Gasteiger partial charge in [-0.15, -0.1) is 10.2 Å². The minimum Gasteiger partial charge on any atom is -0.388 e. The predicted octanol–water partition coefficient (Wildman–Crippen LogP) is 2.81. The van der Waals surface area contributed by atoms with Gasteiger partial charge in [0.2, 0.25) is 0 Å². The van der Waals surface area contributed by atoms with Gasteiger partial charge < -0.3 is 9.67 Å². The summed E-state index contributed by atoms with van der Waals surface area (Å²) in [5, 5.41) is 16.8. The van der Waals surface area contributed by atoms with Crippen LogP contribution in [0, 0.1) is 11.6 Å². The standard InChI is InChI=1S/C12H10BrF2N3O/c13-6-3-8(14)11(9(15)4-6)12-17-16-10(5-19)18(12)7-1-2-7/h3-4,7,19H,1-2,5H2. The summed E-state index contributed by atoms with van der Waals surface area (Å²) < 4.78 is 29.9. The number of aliphatic hydroxyl groups is 1. The topological polar surface area (TPSA) is 50.9 Å². The van der Waals surface area contributed by atoms with Crippen molar-refractivity contribution >= 4 is 15.9 Å². The molecule has 1 N–H and O–H groups in total. The number of aromatic nitrogens is 3. The third kappa shape index (κ3) is 2.17. The monoisotopic (exact) mass is 329 g/mol. The Hall–Kier alpha value is -1.34. The van der Waals surface area contributed by atoms with Crippen LogP contribution >= 0.6 is 15.9 Å². The van der Waals surface area contributed by atoms with E-state index in [1.54, 1.807) is 4.57 Å². The first-order chi connectivity index (χ1) is 9.11. The number of benzene rings is 1. The van der Waals surface area contributed by atoms with Crippen molar-refractivity contribution in [3.8, 4) is 11.4 Å². The molecular weight excluding hydrogens is 320 g/mol. The summed E-state index contributed by atoms with van der Waals surface area (Å²) in [4.78, 5) is 0. The second-order valence-corrected chi connectivity index (χ2v) is 5.36. The van der Waals surface area contributed by atoms with Gasteiger partial charge in [0.1, 0.15) is 18.2 Å². The molecule has 1 aliphatic rings. The quantitative estimate of drug-likeness (QED) is 0.942. The molecule has 0 radical (unpaired) electrons. The molecule has 1 saturated carbocycles. The largest absolute Gasteiger partial charge is 0.388 e. The molecule has 7 heteroatoms. The van der Waals surface area contributed by atoms with E-state index in [1.165, 1.54) is 12.1 Å². The summed E-state index contributed by atoms with van der Waals surface area (Å²) in [5.74, 6) is -0.940. The Labute approximate surface area is 116 Å². The van der Waals surface area contributed by atoms with Crippen LogP contribution in [0.5, 0.6) is 0 Å². The highest BCUT2D eigenvalue weighted by Gasteiger charge is 2.31. The molecule has 100 valence electrons. The molecule has 0 bridgehead atoms. The van der Waals surface area contributed by atoms with E-state index in [4.69, 9.17) is 0 Å². The highest BCUT2D eigenvalue weighted by atomic mass is 79.9. The van der Waals surface area contributed by atoms with Crippen LogP contribution in [0.15, 0.2) is 16.6 Å². The molecule has 19 heavy (non-hydrogen) atoms. The van der Waals surface area contributed by atoms with Crippen molar-refractivity contribution < 1.29 is 13.9 Å². The lowest BCUT2D eigenvalue weighted by molar-refractivity contribution is 0.265. The number of hydrogen-bond acceptors (Lipinski definition) is 3. The molecule has 4 nitrogen and oxygen atoms in total. The Morgan fingerprint density at radius 1 is 1.26 bits per heavy atom. The van der Waals surface area contributed by atoms with E-state index in [1.807, 2.05) is 0 Å². The molecule has 3 rings (SSSR count). The summed E-state index contributed by atoms with van der Waals surface area (Å²) in [5.41, 5.74) is -0.206. The van der Waals surface area contributed by atoms with Crippen LogP contribution < -0.4 is 0 Å². The van der Waals surface area contributed by atoms with Crippen LogP contribution in [0.3, 0.4) is 0 Å². The maximum Gasteiger partial charge on any atom is 0.170 e. The van der Waals surface area contributed by atoms with Crippen molar-refractivity contribution in [1.82, 2.24) is 14.8 Å². The smallest absolute Gasteiger partial charge is 0.170 e. The third-order valence-corrected chi connectivity index (χ3v) is 3.51. The van der Waals surface area contributed by atoms with Gasteiger partial charge in [-0.1, -0.05) is 15.9 Å². The van der Waals surface area contributed by atoms with Gasteiger partial charge in [-0.05, 0) is 25.0 Å². The van der Waals surface area contributed by atoms with Crippen molar-refractivity contribution in [2.24, 2.45) is 0 Å². The lowest BCUT2D eigenvalue weighted by Crippen LogP contribution is -2.05. The second kappa shape index (κ2) is 4.64. The Kier molecular flexibility index (Phi) is 3.10. The van der Waals surface area contributed by atoms with Crippen LogP contribution in [0.25, 0.3) is 11.4 Å². The SMILES string of the molecule is OCc1nnc(-c2c(F)cc(Br)cc2F)n1C1CC1. The normalized spacial score (nSPS) is 14.9. The van der Waals surface area contributed by atoms with E-state index in [0.717, 1.165) is 12.8 Å². The Morgan fingerprint density at radius 2 is 1.89 bits per heavy atom. The van der Waals surface area contributed by atoms with Crippen molar-refractivity contribution in [2.45, 2.75) is 25.5 Å². The van der Waals surface area contributed by atoms with Gasteiger partial charge in [0.25, 0.3) is 0 Å². The summed E-state index contributed by atoms with van der Waals surface area (Å²) in [6, 6.07) is 2.49. The second-order valence-electron chi connectivity index (χ2n) is 4.44. The summed E-state index contributed by atoms with van der Waals surface area (Å²) >= 11 is 3.04. The van der Waals surface area contributed by atoms with Crippen LogP contribution in [0.4, 0.5) is 8.78 Å². The average Bonchev–Trinajstić information content (AvgIpc) is 3.09. The first-order valence-electron chi connectivity index (χ1n) is 5.81. The zero-order valence-electron chi connectivity index (χ0n) is 9.78. The van der Waals surface area contributed by atoms with E-state index >= 15 is 0 Å². The molecule has 0 aliphatic heterocycles. The van der Waals surface area contributed by atoms with Gasteiger partial charge in [-0.2, -0.15) is 0 Å². The van der Waals surface area contributed by atoms with E-state index in [9.17, 15) is 13.9 Å². The van der Waals surface area contributed by atoms with Crippen LogP contribution in [-0.2, 0) is 6.61 Å². The van der Waals surface area contributed by atoms with Gasteiger partial charge >= 0.3 is 0 Å². The lowest BCUT2D eigenvalue weighted by atomic mass is 10.2. The summed E-state index contributed by atoms with van der Waals surface area (Å²) in [6.07, 6.45) is 1.80. The van der Waals surface area contributed by atoms with Crippen molar-refractivity contribution in [2.75, 3.05) is 0 Å². The number of rotatable bonds is 3. The molecule has 1 aliphatic carbocycles. The van der Waals surface area contributed by atoms with E-state index in [2.05, 4.69) is 26.1 Å². The van der Waals surface area contributed by atoms with Crippen molar-refractivity contribution in [3.63, 3.8) is 0 Å². The van der Waals surface area contributed by atoms with Crippen LogP contribution in [0.1, 0.15) is 24.7 Å². The average molecular weight is 330 g/mol. The molecule has 1 aromatic heterocycles. The molecule has 0 amide bonds. The van der Waals surface area contributed by atoms with Gasteiger partial charge in [-0.3, -0.25) is 0 Å². The zero-order valence-corrected chi connectivity index (χ0v) is 11.4. The van der Waals surface area contributed by atoms with Gasteiger partial charge in [0, 0.05) is 10.5 Å². The highest BCUT2D eigenvalue weighted by molar-refractivity contribution is 9.10. The number of nitrogens with zero attached hydrogens (tertiary/aromatic N) is 3. The number of hydrogen-bond donors (Lipinski definition) is 1. The fourth-order valence-corrected chi connectivity index (χ4v) is 2.48. The van der Waals surface area contributed by atoms with Crippen LogP contribution in [0.2, 0.25) is 0 Å². The Balaban J connectivity index is 2.20. The van der Waals surface area contributed by atoms with E-state index < -0.39 is 11.6 Å². The summed E-state index contributed by atoms with van der Waals surface area (Å²) in [6.45, 7) is -0.302. The fourth-order valence-electron chi connectivity index (χ4n) is 2.07. The fraction of sp³-hybridized carbons (Fsp3) is 0.333. The van der Waals surface area contributed by atoms with Crippen molar-refractivity contribution in [1.29, 1.82) is 0 Å². The minimum absolute atomic E-state index is 0.120. The number of aliphatic hydroxyl groups excluding tert-OH is 1. The van der Waals surface area contributed by atoms with E-state index in [0.29, 0.717) is 10.3 Å². The van der Waals surface area contributed by atoms with Gasteiger partial charge in [0.15, 0.2) is 11.6 Å². The Bertz CT molecular complexity index is 617. The zero-order chi connectivity index (χ0) is 13.6. The highest BCUT2D eigenvalue weighted by Crippen LogP contribution is 2.40. The Morgan fingerprint density at radius 3 is 2.42 bits per heavy atom. The lowest BCUT2D eigenvalue weighted by Gasteiger charge is -2.09. The molecule has 0 saturated heterocycles. The van der Waals surface area contributed by atoms with Gasteiger partial charge in [0.05, 0.1) is 5.56 Å². The van der Waals surface area contributed by atoms with Crippen LogP contribution in [-0.4, -0.2) is 19.9 Å². The molecule has 2 aromatic rings.